The second kappa shape index (κ2) is 5.44. The average Bonchev–Trinajstić information content (AvgIpc) is 3.13. The molecule has 1 aromatic carbocycles. The molecule has 0 saturated heterocycles. The highest BCUT2D eigenvalue weighted by Gasteiger charge is 2.34. The van der Waals surface area contributed by atoms with E-state index < -0.39 is 0 Å². The van der Waals surface area contributed by atoms with E-state index in [1.165, 1.54) is 18.2 Å². The topological polar surface area (TPSA) is 86.8 Å². The lowest BCUT2D eigenvalue weighted by Crippen LogP contribution is -2.35. The molecular weight excluding hydrogens is 264 g/mol. The van der Waals surface area contributed by atoms with Gasteiger partial charge in [0.25, 0.3) is 5.91 Å². The SMILES string of the molecule is NC(=S)CCN(C(=O)c1c(O)cccc1O)C1CC1. The molecule has 1 aliphatic rings. The van der Waals surface area contributed by atoms with Crippen LogP contribution in [0.4, 0.5) is 0 Å². The van der Waals surface area contributed by atoms with Gasteiger partial charge < -0.3 is 20.8 Å². The van der Waals surface area contributed by atoms with Crippen molar-refractivity contribution in [3.63, 3.8) is 0 Å². The molecule has 102 valence electrons. The Kier molecular flexibility index (Phi) is 3.90. The van der Waals surface area contributed by atoms with Gasteiger partial charge in [0.05, 0.1) is 4.99 Å². The Morgan fingerprint density at radius 3 is 2.42 bits per heavy atom. The minimum Gasteiger partial charge on any atom is -0.507 e. The van der Waals surface area contributed by atoms with Crippen LogP contribution in [0.5, 0.6) is 11.5 Å². The van der Waals surface area contributed by atoms with Gasteiger partial charge >= 0.3 is 0 Å². The van der Waals surface area contributed by atoms with Gasteiger partial charge in [-0.15, -0.1) is 0 Å². The lowest BCUT2D eigenvalue weighted by molar-refractivity contribution is 0.0742. The van der Waals surface area contributed by atoms with Crippen LogP contribution in [0, 0.1) is 0 Å². The molecule has 1 aliphatic carbocycles. The summed E-state index contributed by atoms with van der Waals surface area (Å²) in [5, 5.41) is 19.5. The zero-order valence-corrected chi connectivity index (χ0v) is 11.2. The summed E-state index contributed by atoms with van der Waals surface area (Å²) in [5.74, 6) is -0.814. The number of hydrogen-bond acceptors (Lipinski definition) is 4. The van der Waals surface area contributed by atoms with Crippen molar-refractivity contribution < 1.29 is 15.0 Å². The van der Waals surface area contributed by atoms with Crippen molar-refractivity contribution in [3.05, 3.63) is 23.8 Å². The number of phenols is 2. The van der Waals surface area contributed by atoms with Crippen molar-refractivity contribution in [3.8, 4) is 11.5 Å². The largest absolute Gasteiger partial charge is 0.507 e. The van der Waals surface area contributed by atoms with Crippen molar-refractivity contribution in [1.82, 2.24) is 4.90 Å². The van der Waals surface area contributed by atoms with Gasteiger partial charge in [0.2, 0.25) is 0 Å². The lowest BCUT2D eigenvalue weighted by atomic mass is 10.1. The predicted octanol–water partition coefficient (Wildman–Crippen LogP) is 1.38. The Bertz CT molecular complexity index is 494. The fourth-order valence-electron chi connectivity index (χ4n) is 1.96. The van der Waals surface area contributed by atoms with Gasteiger partial charge in [-0.25, -0.2) is 0 Å². The van der Waals surface area contributed by atoms with Crippen LogP contribution in [0.1, 0.15) is 29.6 Å². The first-order chi connectivity index (χ1) is 9.00. The molecule has 6 heteroatoms. The molecule has 0 atom stereocenters. The van der Waals surface area contributed by atoms with Crippen LogP contribution < -0.4 is 5.73 Å². The van der Waals surface area contributed by atoms with E-state index in [-0.39, 0.29) is 29.0 Å². The first-order valence-electron chi connectivity index (χ1n) is 6.11. The van der Waals surface area contributed by atoms with Gasteiger partial charge in [0, 0.05) is 19.0 Å². The fraction of sp³-hybridized carbons (Fsp3) is 0.385. The molecule has 1 aromatic rings. The smallest absolute Gasteiger partial charge is 0.261 e. The van der Waals surface area contributed by atoms with Crippen molar-refractivity contribution in [2.45, 2.75) is 25.3 Å². The van der Waals surface area contributed by atoms with E-state index in [2.05, 4.69) is 0 Å². The lowest BCUT2D eigenvalue weighted by Gasteiger charge is -2.23. The Morgan fingerprint density at radius 1 is 1.37 bits per heavy atom. The third-order valence-corrected chi connectivity index (χ3v) is 3.29. The standard InChI is InChI=1S/C13H16N2O3S/c14-11(19)6-7-15(8-4-5-8)13(18)12-9(16)2-1-3-10(12)17/h1-3,8,16-17H,4-7H2,(H2,14,19). The summed E-state index contributed by atoms with van der Waals surface area (Å²) in [7, 11) is 0. The maximum Gasteiger partial charge on any atom is 0.261 e. The molecule has 0 aliphatic heterocycles. The Hall–Kier alpha value is -1.82. The average molecular weight is 280 g/mol. The summed E-state index contributed by atoms with van der Waals surface area (Å²) in [4.78, 5) is 14.4. The molecule has 0 radical (unpaired) electrons. The van der Waals surface area contributed by atoms with E-state index >= 15 is 0 Å². The number of phenolic OH excluding ortho intramolecular Hbond substituents is 2. The summed E-state index contributed by atoms with van der Waals surface area (Å²) < 4.78 is 0. The molecule has 2 rings (SSSR count). The van der Waals surface area contributed by atoms with E-state index in [1.54, 1.807) is 4.90 Å². The number of rotatable bonds is 5. The van der Waals surface area contributed by atoms with Crippen LogP contribution in [-0.2, 0) is 0 Å². The molecule has 1 saturated carbocycles. The molecule has 1 amide bonds. The number of hydrogen-bond donors (Lipinski definition) is 3. The van der Waals surface area contributed by atoms with Crippen LogP contribution in [0.25, 0.3) is 0 Å². The van der Waals surface area contributed by atoms with E-state index in [0.29, 0.717) is 18.0 Å². The number of carbonyl (C=O) groups is 1. The maximum absolute atomic E-state index is 12.4. The van der Waals surface area contributed by atoms with Gasteiger partial charge in [-0.1, -0.05) is 18.3 Å². The van der Waals surface area contributed by atoms with Crippen molar-refractivity contribution in [2.75, 3.05) is 6.54 Å². The third kappa shape index (κ3) is 3.14. The van der Waals surface area contributed by atoms with Crippen LogP contribution in [0.2, 0.25) is 0 Å². The minimum atomic E-state index is -0.380. The Labute approximate surface area is 116 Å². The van der Waals surface area contributed by atoms with Crippen LogP contribution in [0.3, 0.4) is 0 Å². The molecule has 1 fully saturated rings. The van der Waals surface area contributed by atoms with Crippen molar-refractivity contribution in [2.24, 2.45) is 5.73 Å². The molecule has 0 spiro atoms. The molecule has 0 unspecified atom stereocenters. The number of aromatic hydroxyl groups is 2. The Balaban J connectivity index is 2.21. The van der Waals surface area contributed by atoms with Gasteiger partial charge in [0.1, 0.15) is 17.1 Å². The van der Waals surface area contributed by atoms with Crippen LogP contribution in [0.15, 0.2) is 18.2 Å². The van der Waals surface area contributed by atoms with E-state index in [1.807, 2.05) is 0 Å². The van der Waals surface area contributed by atoms with Crippen molar-refractivity contribution >= 4 is 23.1 Å². The molecule has 0 bridgehead atoms. The van der Waals surface area contributed by atoms with Gasteiger partial charge in [-0.3, -0.25) is 4.79 Å². The number of benzene rings is 1. The zero-order chi connectivity index (χ0) is 14.0. The first kappa shape index (κ1) is 13.6. The van der Waals surface area contributed by atoms with Crippen LogP contribution in [-0.4, -0.2) is 38.6 Å². The highest BCUT2D eigenvalue weighted by molar-refractivity contribution is 7.80. The summed E-state index contributed by atoms with van der Waals surface area (Å²) >= 11 is 4.82. The summed E-state index contributed by atoms with van der Waals surface area (Å²) in [5.41, 5.74) is 5.40. The predicted molar refractivity (Wildman–Crippen MR) is 75.2 cm³/mol. The van der Waals surface area contributed by atoms with Gasteiger partial charge in [-0.2, -0.15) is 0 Å². The second-order valence-corrected chi connectivity index (χ2v) is 5.14. The van der Waals surface area contributed by atoms with E-state index in [0.717, 1.165) is 12.8 Å². The Morgan fingerprint density at radius 2 is 1.95 bits per heavy atom. The van der Waals surface area contributed by atoms with Gasteiger partial charge in [-0.05, 0) is 25.0 Å². The van der Waals surface area contributed by atoms with Crippen molar-refractivity contribution in [1.29, 1.82) is 0 Å². The summed E-state index contributed by atoms with van der Waals surface area (Å²) in [6, 6.07) is 4.40. The molecule has 4 N–H and O–H groups in total. The number of nitrogens with two attached hydrogens (primary N) is 1. The molecule has 5 nitrogen and oxygen atoms in total. The second-order valence-electron chi connectivity index (χ2n) is 4.62. The highest BCUT2D eigenvalue weighted by Crippen LogP contribution is 2.33. The quantitative estimate of drug-likeness (QED) is 0.709. The monoisotopic (exact) mass is 280 g/mol. The number of carbonyl (C=O) groups excluding carboxylic acids is 1. The number of nitrogens with zero attached hydrogens (tertiary/aromatic N) is 1. The third-order valence-electron chi connectivity index (χ3n) is 3.08. The number of amides is 1. The van der Waals surface area contributed by atoms with E-state index in [4.69, 9.17) is 18.0 Å². The van der Waals surface area contributed by atoms with E-state index in [9.17, 15) is 15.0 Å². The summed E-state index contributed by atoms with van der Waals surface area (Å²) in [6.45, 7) is 0.409. The van der Waals surface area contributed by atoms with Crippen LogP contribution >= 0.6 is 12.2 Å². The maximum atomic E-state index is 12.4. The molecule has 0 heterocycles. The summed E-state index contributed by atoms with van der Waals surface area (Å²) in [6.07, 6.45) is 2.29. The first-order valence-corrected chi connectivity index (χ1v) is 6.51. The highest BCUT2D eigenvalue weighted by atomic mass is 32.1. The zero-order valence-electron chi connectivity index (χ0n) is 10.4. The molecule has 0 aromatic heterocycles. The fourth-order valence-corrected chi connectivity index (χ4v) is 2.05. The molecular formula is C13H16N2O3S. The minimum absolute atomic E-state index is 0.0580. The van der Waals surface area contributed by atoms with Gasteiger partial charge in [0.15, 0.2) is 0 Å². The molecule has 19 heavy (non-hydrogen) atoms. The number of thiocarbonyl (C=S) groups is 1. The normalized spacial score (nSPS) is 14.1.